The Morgan fingerprint density at radius 2 is 1.56 bits per heavy atom. The van der Waals surface area contributed by atoms with Crippen LogP contribution in [-0.4, -0.2) is 5.11 Å². The number of ether oxygens (including phenoxy) is 1. The van der Waals surface area contributed by atoms with Crippen molar-refractivity contribution >= 4 is 0 Å². The van der Waals surface area contributed by atoms with E-state index < -0.39 is 0 Å². The Kier molecular flexibility index (Phi) is 3.10. The van der Waals surface area contributed by atoms with Gasteiger partial charge >= 0.3 is 0 Å². The second-order valence-electron chi connectivity index (χ2n) is 3.77. The van der Waals surface area contributed by atoms with Gasteiger partial charge in [-0.15, -0.1) is 0 Å². The highest BCUT2D eigenvalue weighted by molar-refractivity contribution is 5.30. The molecule has 2 rings (SSSR count). The van der Waals surface area contributed by atoms with Crippen LogP contribution in [-0.2, 0) is 6.61 Å². The number of hydrogen-bond donors (Lipinski definition) is 1. The molecule has 0 radical (unpaired) electrons. The molecule has 0 heterocycles. The van der Waals surface area contributed by atoms with Crippen molar-refractivity contribution < 1.29 is 9.84 Å². The number of phenols is 1. The van der Waals surface area contributed by atoms with Gasteiger partial charge in [-0.25, -0.2) is 0 Å². The maximum atomic E-state index is 9.12. The van der Waals surface area contributed by atoms with Gasteiger partial charge in [0.2, 0.25) is 0 Å². The fourth-order valence-electron chi connectivity index (χ4n) is 1.39. The van der Waals surface area contributed by atoms with Gasteiger partial charge in [0, 0.05) is 0 Å². The molecule has 0 fully saturated rings. The summed E-state index contributed by atoms with van der Waals surface area (Å²) in [5.41, 5.74) is 2.38. The third-order valence-corrected chi connectivity index (χ3v) is 2.36. The van der Waals surface area contributed by atoms with Crippen LogP contribution in [0.2, 0.25) is 0 Å². The van der Waals surface area contributed by atoms with Crippen LogP contribution in [0.4, 0.5) is 0 Å². The van der Waals surface area contributed by atoms with E-state index in [0.29, 0.717) is 6.61 Å². The second kappa shape index (κ2) is 4.71. The van der Waals surface area contributed by atoms with Crippen molar-refractivity contribution in [2.24, 2.45) is 0 Å². The van der Waals surface area contributed by atoms with Crippen LogP contribution >= 0.6 is 0 Å². The summed E-state index contributed by atoms with van der Waals surface area (Å²) in [6.07, 6.45) is 0. The van der Waals surface area contributed by atoms with E-state index in [1.54, 1.807) is 24.3 Å². The summed E-state index contributed by atoms with van der Waals surface area (Å²) in [5.74, 6) is 1.01. The van der Waals surface area contributed by atoms with Crippen LogP contribution in [0.25, 0.3) is 0 Å². The molecule has 2 nitrogen and oxygen atoms in total. The van der Waals surface area contributed by atoms with Gasteiger partial charge in [0.05, 0.1) is 0 Å². The summed E-state index contributed by atoms with van der Waals surface area (Å²) in [6.45, 7) is 2.61. The second-order valence-corrected chi connectivity index (χ2v) is 3.77. The van der Waals surface area contributed by atoms with Crippen molar-refractivity contribution in [3.05, 3.63) is 59.7 Å². The van der Waals surface area contributed by atoms with Gasteiger partial charge in [-0.2, -0.15) is 0 Å². The first-order chi connectivity index (χ1) is 7.74. The predicted molar refractivity (Wildman–Crippen MR) is 63.6 cm³/mol. The predicted octanol–water partition coefficient (Wildman–Crippen LogP) is 3.28. The quantitative estimate of drug-likeness (QED) is 0.849. The van der Waals surface area contributed by atoms with Gasteiger partial charge in [-0.3, -0.25) is 0 Å². The molecule has 0 spiro atoms. The first kappa shape index (κ1) is 10.6. The van der Waals surface area contributed by atoms with Crippen LogP contribution in [0.15, 0.2) is 48.5 Å². The number of phenolic OH excluding ortho intramolecular Hbond substituents is 1. The van der Waals surface area contributed by atoms with Crippen LogP contribution in [0.5, 0.6) is 11.5 Å². The zero-order chi connectivity index (χ0) is 11.4. The highest BCUT2D eigenvalue weighted by atomic mass is 16.5. The minimum absolute atomic E-state index is 0.252. The number of aromatic hydroxyl groups is 1. The minimum atomic E-state index is 0.252. The molecule has 0 unspecified atom stereocenters. The summed E-state index contributed by atoms with van der Waals surface area (Å²) in [4.78, 5) is 0. The monoisotopic (exact) mass is 214 g/mol. The summed E-state index contributed by atoms with van der Waals surface area (Å²) in [6, 6.07) is 15.0. The molecule has 0 aliphatic heterocycles. The molecule has 82 valence electrons. The lowest BCUT2D eigenvalue weighted by Crippen LogP contribution is -1.94. The zero-order valence-corrected chi connectivity index (χ0v) is 9.18. The van der Waals surface area contributed by atoms with Crippen LogP contribution in [0, 0.1) is 6.92 Å². The minimum Gasteiger partial charge on any atom is -0.508 e. The first-order valence-corrected chi connectivity index (χ1v) is 5.21. The standard InChI is InChI=1S/C14H14O2/c1-11-2-4-12(5-3-11)10-16-14-8-6-13(15)7-9-14/h2-9,15H,10H2,1H3. The molecule has 1 N–H and O–H groups in total. The van der Waals surface area contributed by atoms with Gasteiger partial charge in [0.15, 0.2) is 0 Å². The molecular weight excluding hydrogens is 200 g/mol. The fourth-order valence-corrected chi connectivity index (χ4v) is 1.39. The fraction of sp³-hybridized carbons (Fsp3) is 0.143. The molecule has 16 heavy (non-hydrogen) atoms. The van der Waals surface area contributed by atoms with Gasteiger partial charge < -0.3 is 9.84 Å². The Labute approximate surface area is 95.1 Å². The van der Waals surface area contributed by atoms with Crippen molar-refractivity contribution in [2.45, 2.75) is 13.5 Å². The SMILES string of the molecule is Cc1ccc(COc2ccc(O)cc2)cc1. The highest BCUT2D eigenvalue weighted by Gasteiger charge is 1.96. The lowest BCUT2D eigenvalue weighted by atomic mass is 10.2. The average molecular weight is 214 g/mol. The number of hydrogen-bond acceptors (Lipinski definition) is 2. The average Bonchev–Trinajstić information content (AvgIpc) is 2.30. The molecule has 2 heteroatoms. The zero-order valence-electron chi connectivity index (χ0n) is 9.18. The highest BCUT2D eigenvalue weighted by Crippen LogP contribution is 2.17. The molecule has 2 aromatic rings. The molecule has 0 saturated carbocycles. The van der Waals surface area contributed by atoms with Gasteiger partial charge in [0.25, 0.3) is 0 Å². The van der Waals surface area contributed by atoms with Crippen LogP contribution in [0.3, 0.4) is 0 Å². The number of aryl methyl sites for hydroxylation is 1. The summed E-state index contributed by atoms with van der Waals surface area (Å²) < 4.78 is 5.58. The van der Waals surface area contributed by atoms with Gasteiger partial charge in [-0.05, 0) is 36.8 Å². The van der Waals surface area contributed by atoms with E-state index >= 15 is 0 Å². The molecule has 0 saturated heterocycles. The molecule has 0 aromatic heterocycles. The van der Waals surface area contributed by atoms with Crippen LogP contribution in [0.1, 0.15) is 11.1 Å². The Morgan fingerprint density at radius 1 is 0.938 bits per heavy atom. The van der Waals surface area contributed by atoms with E-state index in [1.807, 2.05) is 0 Å². The van der Waals surface area contributed by atoms with E-state index in [2.05, 4.69) is 31.2 Å². The summed E-state index contributed by atoms with van der Waals surface area (Å²) in [5, 5.41) is 9.12. The van der Waals surface area contributed by atoms with E-state index in [1.165, 1.54) is 5.56 Å². The van der Waals surface area contributed by atoms with E-state index in [4.69, 9.17) is 9.84 Å². The van der Waals surface area contributed by atoms with Crippen molar-refractivity contribution in [2.75, 3.05) is 0 Å². The van der Waals surface area contributed by atoms with Gasteiger partial charge in [0.1, 0.15) is 18.1 Å². The molecule has 2 aromatic carbocycles. The van der Waals surface area contributed by atoms with Crippen LogP contribution < -0.4 is 4.74 Å². The van der Waals surface area contributed by atoms with Crippen molar-refractivity contribution in [3.8, 4) is 11.5 Å². The molecular formula is C14H14O2. The topological polar surface area (TPSA) is 29.5 Å². The van der Waals surface area contributed by atoms with Gasteiger partial charge in [-0.1, -0.05) is 29.8 Å². The molecule has 0 atom stereocenters. The lowest BCUT2D eigenvalue weighted by Gasteiger charge is -2.06. The Morgan fingerprint density at radius 3 is 2.19 bits per heavy atom. The Hall–Kier alpha value is -1.96. The van der Waals surface area contributed by atoms with Crippen molar-refractivity contribution in [3.63, 3.8) is 0 Å². The van der Waals surface area contributed by atoms with Crippen molar-refractivity contribution in [1.29, 1.82) is 0 Å². The lowest BCUT2D eigenvalue weighted by molar-refractivity contribution is 0.305. The molecule has 0 amide bonds. The Bertz CT molecular complexity index is 398. The van der Waals surface area contributed by atoms with Crippen molar-refractivity contribution in [1.82, 2.24) is 0 Å². The normalized spacial score (nSPS) is 10.1. The molecule has 0 aliphatic carbocycles. The molecule has 0 aliphatic rings. The van der Waals surface area contributed by atoms with E-state index in [9.17, 15) is 0 Å². The summed E-state index contributed by atoms with van der Waals surface area (Å²) in [7, 11) is 0. The maximum Gasteiger partial charge on any atom is 0.120 e. The third-order valence-electron chi connectivity index (χ3n) is 2.36. The smallest absolute Gasteiger partial charge is 0.120 e. The van der Waals surface area contributed by atoms with E-state index in [-0.39, 0.29) is 5.75 Å². The Balaban J connectivity index is 1.97. The summed E-state index contributed by atoms with van der Waals surface area (Å²) >= 11 is 0. The maximum absolute atomic E-state index is 9.12. The first-order valence-electron chi connectivity index (χ1n) is 5.21. The molecule has 0 bridgehead atoms. The number of rotatable bonds is 3. The van der Waals surface area contributed by atoms with E-state index in [0.717, 1.165) is 11.3 Å². The number of benzene rings is 2. The third kappa shape index (κ3) is 2.76. The largest absolute Gasteiger partial charge is 0.508 e.